The Morgan fingerprint density at radius 3 is 2.70 bits per heavy atom. The lowest BCUT2D eigenvalue weighted by Crippen LogP contribution is -2.19. The smallest absolute Gasteiger partial charge is 0.201 e. The maximum atomic E-state index is 6.15. The van der Waals surface area contributed by atoms with Gasteiger partial charge in [0, 0.05) is 12.1 Å². The number of hydrogen-bond donors (Lipinski definition) is 1. The molecule has 108 valence electrons. The number of methoxy groups -OCH3 is 1. The van der Waals surface area contributed by atoms with Crippen LogP contribution in [0.2, 0.25) is 0 Å². The second-order valence-electron chi connectivity index (χ2n) is 5.78. The van der Waals surface area contributed by atoms with Crippen molar-refractivity contribution in [1.29, 1.82) is 0 Å². The van der Waals surface area contributed by atoms with E-state index in [4.69, 9.17) is 10.5 Å². The van der Waals surface area contributed by atoms with Gasteiger partial charge < -0.3 is 15.0 Å². The van der Waals surface area contributed by atoms with Gasteiger partial charge in [-0.05, 0) is 43.7 Å². The normalized spacial score (nSPS) is 23.1. The monoisotopic (exact) mass is 273 g/mol. The van der Waals surface area contributed by atoms with E-state index in [9.17, 15) is 0 Å². The Labute approximate surface area is 119 Å². The maximum Gasteiger partial charge on any atom is 0.201 e. The molecule has 0 radical (unpaired) electrons. The molecule has 1 aromatic heterocycles. The van der Waals surface area contributed by atoms with Crippen LogP contribution in [0.4, 0.5) is 5.95 Å². The van der Waals surface area contributed by atoms with Crippen molar-refractivity contribution < 1.29 is 4.74 Å². The molecule has 1 aliphatic carbocycles. The zero-order chi connectivity index (χ0) is 14.1. The predicted octanol–water partition coefficient (Wildman–Crippen LogP) is 3.77. The Morgan fingerprint density at radius 1 is 1.30 bits per heavy atom. The van der Waals surface area contributed by atoms with Crippen LogP contribution in [0, 0.1) is 5.92 Å². The van der Waals surface area contributed by atoms with Gasteiger partial charge in [-0.2, -0.15) is 0 Å². The van der Waals surface area contributed by atoms with Gasteiger partial charge in [-0.3, -0.25) is 0 Å². The summed E-state index contributed by atoms with van der Waals surface area (Å²) in [5.74, 6) is 2.35. The highest BCUT2D eigenvalue weighted by molar-refractivity contribution is 5.80. The number of benzene rings is 1. The molecule has 4 nitrogen and oxygen atoms in total. The van der Waals surface area contributed by atoms with Crippen molar-refractivity contribution in [2.24, 2.45) is 5.92 Å². The zero-order valence-electron chi connectivity index (χ0n) is 12.3. The van der Waals surface area contributed by atoms with E-state index in [2.05, 4.69) is 22.5 Å². The average molecular weight is 273 g/mol. The number of anilines is 1. The Morgan fingerprint density at radius 2 is 2.05 bits per heavy atom. The Bertz CT molecular complexity index is 597. The van der Waals surface area contributed by atoms with E-state index in [0.29, 0.717) is 12.0 Å². The number of nitrogens with two attached hydrogens (primary N) is 1. The lowest BCUT2D eigenvalue weighted by molar-refractivity contribution is 0.275. The van der Waals surface area contributed by atoms with Crippen LogP contribution in [0.3, 0.4) is 0 Å². The number of ether oxygens (including phenoxy) is 1. The van der Waals surface area contributed by atoms with Gasteiger partial charge in [-0.1, -0.05) is 13.3 Å². The molecule has 2 N–H and O–H groups in total. The van der Waals surface area contributed by atoms with E-state index in [-0.39, 0.29) is 0 Å². The molecule has 1 saturated carbocycles. The molecule has 20 heavy (non-hydrogen) atoms. The molecule has 0 amide bonds. The van der Waals surface area contributed by atoms with E-state index < -0.39 is 0 Å². The van der Waals surface area contributed by atoms with Crippen molar-refractivity contribution in [3.05, 3.63) is 18.2 Å². The number of hydrogen-bond acceptors (Lipinski definition) is 3. The Hall–Kier alpha value is -1.71. The minimum atomic E-state index is 0.496. The van der Waals surface area contributed by atoms with Crippen LogP contribution in [0.5, 0.6) is 5.75 Å². The first-order valence-corrected chi connectivity index (χ1v) is 7.54. The van der Waals surface area contributed by atoms with E-state index in [1.54, 1.807) is 7.11 Å². The second kappa shape index (κ2) is 5.35. The number of nitrogens with zero attached hydrogens (tertiary/aromatic N) is 2. The number of imidazole rings is 1. The summed E-state index contributed by atoms with van der Waals surface area (Å²) in [7, 11) is 1.67. The highest BCUT2D eigenvalue weighted by Gasteiger charge is 2.24. The van der Waals surface area contributed by atoms with Crippen molar-refractivity contribution in [2.45, 2.75) is 45.1 Å². The first-order chi connectivity index (χ1) is 9.72. The Balaban J connectivity index is 1.93. The fourth-order valence-electron chi connectivity index (χ4n) is 3.42. The van der Waals surface area contributed by atoms with Gasteiger partial charge in [-0.25, -0.2) is 4.98 Å². The molecule has 0 unspecified atom stereocenters. The van der Waals surface area contributed by atoms with Gasteiger partial charge in [0.25, 0.3) is 0 Å². The molecular weight excluding hydrogens is 250 g/mol. The van der Waals surface area contributed by atoms with E-state index in [1.165, 1.54) is 32.1 Å². The highest BCUT2D eigenvalue weighted by Crippen LogP contribution is 2.37. The third kappa shape index (κ3) is 2.23. The number of fused-ring (bicyclic) bond motifs is 1. The van der Waals surface area contributed by atoms with Gasteiger partial charge in [0.05, 0.1) is 18.1 Å². The first-order valence-electron chi connectivity index (χ1n) is 7.54. The second-order valence-corrected chi connectivity index (χ2v) is 5.78. The number of rotatable bonds is 3. The van der Waals surface area contributed by atoms with Crippen LogP contribution in [0.15, 0.2) is 18.2 Å². The molecule has 1 aromatic carbocycles. The minimum absolute atomic E-state index is 0.496. The van der Waals surface area contributed by atoms with Crippen LogP contribution in [-0.4, -0.2) is 16.7 Å². The van der Waals surface area contributed by atoms with E-state index in [1.807, 2.05) is 12.1 Å². The highest BCUT2D eigenvalue weighted by atomic mass is 16.5. The first kappa shape index (κ1) is 13.3. The molecule has 0 atom stereocenters. The zero-order valence-corrected chi connectivity index (χ0v) is 12.3. The standard InChI is InChI=1S/C16H23N3O/c1-3-11-4-6-12(7-5-11)19-15-9-8-13(20-2)10-14(15)18-16(19)17/h8-12H,3-7H2,1-2H3,(H2,17,18). The molecule has 3 rings (SSSR count). The van der Waals surface area contributed by atoms with Gasteiger partial charge in [0.1, 0.15) is 5.75 Å². The van der Waals surface area contributed by atoms with Crippen molar-refractivity contribution in [3.63, 3.8) is 0 Å². The third-order valence-corrected chi connectivity index (χ3v) is 4.68. The summed E-state index contributed by atoms with van der Waals surface area (Å²) in [4.78, 5) is 4.50. The predicted molar refractivity (Wildman–Crippen MR) is 82.0 cm³/mol. The van der Waals surface area contributed by atoms with Crippen LogP contribution in [0.1, 0.15) is 45.1 Å². The van der Waals surface area contributed by atoms with Crippen molar-refractivity contribution >= 4 is 17.0 Å². The number of nitrogen functional groups attached to an aromatic ring is 1. The molecule has 4 heteroatoms. The fraction of sp³-hybridized carbons (Fsp3) is 0.562. The summed E-state index contributed by atoms with van der Waals surface area (Å²) < 4.78 is 7.48. The van der Waals surface area contributed by atoms with Crippen molar-refractivity contribution in [3.8, 4) is 5.75 Å². The minimum Gasteiger partial charge on any atom is -0.497 e. The van der Waals surface area contributed by atoms with Crippen LogP contribution < -0.4 is 10.5 Å². The van der Waals surface area contributed by atoms with Gasteiger partial charge >= 0.3 is 0 Å². The quantitative estimate of drug-likeness (QED) is 0.926. The average Bonchev–Trinajstić information content (AvgIpc) is 2.82. The molecule has 0 bridgehead atoms. The molecule has 1 heterocycles. The lowest BCUT2D eigenvalue weighted by Gasteiger charge is -2.29. The fourth-order valence-corrected chi connectivity index (χ4v) is 3.42. The summed E-state index contributed by atoms with van der Waals surface area (Å²) in [5, 5.41) is 0. The van der Waals surface area contributed by atoms with Gasteiger partial charge in [0.15, 0.2) is 0 Å². The van der Waals surface area contributed by atoms with Crippen LogP contribution in [-0.2, 0) is 0 Å². The summed E-state index contributed by atoms with van der Waals surface area (Å²) in [6, 6.07) is 6.51. The van der Waals surface area contributed by atoms with E-state index >= 15 is 0 Å². The molecular formula is C16H23N3O. The van der Waals surface area contributed by atoms with Crippen molar-refractivity contribution in [2.75, 3.05) is 12.8 Å². The SMILES string of the molecule is CCC1CCC(n2c(N)nc3cc(OC)ccc32)CC1. The summed E-state index contributed by atoms with van der Waals surface area (Å²) in [6.07, 6.45) is 6.32. The largest absolute Gasteiger partial charge is 0.497 e. The van der Waals surface area contributed by atoms with Crippen molar-refractivity contribution in [1.82, 2.24) is 9.55 Å². The molecule has 0 saturated heterocycles. The van der Waals surface area contributed by atoms with Gasteiger partial charge in [0.2, 0.25) is 5.95 Å². The molecule has 1 aliphatic rings. The van der Waals surface area contributed by atoms with Gasteiger partial charge in [-0.15, -0.1) is 0 Å². The number of aromatic nitrogens is 2. The molecule has 1 fully saturated rings. The summed E-state index contributed by atoms with van der Waals surface area (Å²) in [6.45, 7) is 2.29. The Kier molecular flexibility index (Phi) is 3.55. The lowest BCUT2D eigenvalue weighted by atomic mass is 9.84. The summed E-state index contributed by atoms with van der Waals surface area (Å²) >= 11 is 0. The molecule has 0 aliphatic heterocycles. The molecule has 2 aromatic rings. The third-order valence-electron chi connectivity index (χ3n) is 4.68. The van der Waals surface area contributed by atoms with Crippen LogP contribution in [0.25, 0.3) is 11.0 Å². The summed E-state index contributed by atoms with van der Waals surface area (Å²) in [5.41, 5.74) is 8.21. The van der Waals surface area contributed by atoms with Crippen LogP contribution >= 0.6 is 0 Å². The maximum absolute atomic E-state index is 6.15. The molecule has 0 spiro atoms. The topological polar surface area (TPSA) is 53.1 Å². The van der Waals surface area contributed by atoms with E-state index in [0.717, 1.165) is 22.7 Å².